The van der Waals surface area contributed by atoms with Crippen molar-refractivity contribution in [1.29, 1.82) is 0 Å². The third-order valence-corrected chi connectivity index (χ3v) is 5.73. The van der Waals surface area contributed by atoms with Gasteiger partial charge in [-0.1, -0.05) is 71.2 Å². The zero-order valence-electron chi connectivity index (χ0n) is 14.1. The molecular weight excluding hydrogens is 397 g/mol. The summed E-state index contributed by atoms with van der Waals surface area (Å²) in [6, 6.07) is 13.0. The molecule has 2 rings (SSSR count). The topological polar surface area (TPSA) is 35.4 Å². The second-order valence-electron chi connectivity index (χ2n) is 6.23. The van der Waals surface area contributed by atoms with Crippen LogP contribution >= 0.6 is 34.8 Å². The molecule has 0 amide bonds. The molecule has 6 heteroatoms. The normalized spacial score (nSPS) is 14.2. The molecule has 0 bridgehead atoms. The predicted octanol–water partition coefficient (Wildman–Crippen LogP) is 6.36. The fourth-order valence-electron chi connectivity index (χ4n) is 2.36. The minimum atomic E-state index is -1.23. The highest BCUT2D eigenvalue weighted by Crippen LogP contribution is 2.27. The Hall–Kier alpha value is -0.710. The van der Waals surface area contributed by atoms with Gasteiger partial charge in [-0.3, -0.25) is 0 Å². The van der Waals surface area contributed by atoms with Crippen LogP contribution in [0.2, 0.25) is 15.1 Å². The highest BCUT2D eigenvalue weighted by atomic mass is 35.5. The van der Waals surface area contributed by atoms with Crippen molar-refractivity contribution < 1.29 is 4.55 Å². The Morgan fingerprint density at radius 3 is 2.28 bits per heavy atom. The van der Waals surface area contributed by atoms with E-state index in [0.717, 1.165) is 11.1 Å². The molecule has 0 saturated carbocycles. The minimum Gasteiger partial charge on any atom is -0.591 e. The summed E-state index contributed by atoms with van der Waals surface area (Å²) < 4.78 is 16.3. The summed E-state index contributed by atoms with van der Waals surface area (Å²) in [5.41, 5.74) is 2.01. The van der Waals surface area contributed by atoms with Crippen LogP contribution in [0.1, 0.15) is 30.9 Å². The first-order valence-electron chi connectivity index (χ1n) is 7.97. The van der Waals surface area contributed by atoms with Crippen molar-refractivity contribution in [2.75, 3.05) is 5.75 Å². The monoisotopic (exact) mass is 415 g/mol. The fourth-order valence-corrected chi connectivity index (χ4v) is 3.91. The molecule has 0 N–H and O–H groups in total. The molecule has 25 heavy (non-hydrogen) atoms. The number of halogens is 3. The maximum Gasteiger partial charge on any atom is 0.135 e. The average Bonchev–Trinajstić information content (AvgIpc) is 2.53. The third kappa shape index (κ3) is 6.84. The molecule has 0 aliphatic rings. The molecule has 0 heterocycles. The van der Waals surface area contributed by atoms with Crippen LogP contribution in [0, 0.1) is 5.92 Å². The van der Waals surface area contributed by atoms with Gasteiger partial charge in [-0.05, 0) is 41.8 Å². The molecule has 2 aromatic carbocycles. The van der Waals surface area contributed by atoms with Gasteiger partial charge in [0.05, 0.1) is 17.6 Å². The second-order valence-corrected chi connectivity index (χ2v) is 8.70. The van der Waals surface area contributed by atoms with Gasteiger partial charge in [0.1, 0.15) is 5.75 Å². The van der Waals surface area contributed by atoms with Crippen LogP contribution in [-0.4, -0.2) is 16.5 Å². The highest BCUT2D eigenvalue weighted by molar-refractivity contribution is 7.90. The number of nitrogens with zero attached hydrogens (tertiary/aromatic N) is 1. The van der Waals surface area contributed by atoms with Gasteiger partial charge >= 0.3 is 0 Å². The molecule has 0 aliphatic heterocycles. The second kappa shape index (κ2) is 9.84. The lowest BCUT2D eigenvalue weighted by Gasteiger charge is -2.14. The van der Waals surface area contributed by atoms with E-state index < -0.39 is 11.4 Å². The standard InChI is InChI=1S/C19H20Cl3NOS/c1-13(2)12-25(24)23-11-16(14-3-6-17(20)7-4-14)9-15-5-8-18(21)10-19(15)22/h3-8,10-11,13,16H,9,12H2,1-2H3/b23-11+. The van der Waals surface area contributed by atoms with Gasteiger partial charge in [0.2, 0.25) is 0 Å². The summed E-state index contributed by atoms with van der Waals surface area (Å²) in [4.78, 5) is 0. The summed E-state index contributed by atoms with van der Waals surface area (Å²) in [5, 5.41) is 1.89. The highest BCUT2D eigenvalue weighted by Gasteiger charge is 2.15. The van der Waals surface area contributed by atoms with Crippen LogP contribution in [0.3, 0.4) is 0 Å². The molecule has 134 valence electrons. The number of hydrogen-bond acceptors (Lipinski definition) is 2. The molecule has 0 saturated heterocycles. The van der Waals surface area contributed by atoms with Crippen LogP contribution in [0.25, 0.3) is 0 Å². The Kier molecular flexibility index (Phi) is 8.11. The maximum atomic E-state index is 12.1. The van der Waals surface area contributed by atoms with Gasteiger partial charge in [-0.15, -0.1) is 0 Å². The Morgan fingerprint density at radius 2 is 1.68 bits per heavy atom. The van der Waals surface area contributed by atoms with E-state index >= 15 is 0 Å². The van der Waals surface area contributed by atoms with Crippen molar-refractivity contribution >= 4 is 52.4 Å². The smallest absolute Gasteiger partial charge is 0.135 e. The molecular formula is C19H20Cl3NOS. The summed E-state index contributed by atoms with van der Waals surface area (Å²) in [7, 11) is 0. The van der Waals surface area contributed by atoms with E-state index in [2.05, 4.69) is 4.40 Å². The molecule has 0 aliphatic carbocycles. The molecule has 0 spiro atoms. The first-order chi connectivity index (χ1) is 11.8. The van der Waals surface area contributed by atoms with E-state index in [1.807, 2.05) is 50.2 Å². The van der Waals surface area contributed by atoms with E-state index in [4.69, 9.17) is 34.8 Å². The van der Waals surface area contributed by atoms with Crippen molar-refractivity contribution in [3.05, 3.63) is 68.7 Å². The maximum absolute atomic E-state index is 12.1. The first-order valence-corrected chi connectivity index (χ1v) is 10.4. The minimum absolute atomic E-state index is 0.0490. The Bertz CT molecular complexity index is 719. The van der Waals surface area contributed by atoms with E-state index in [9.17, 15) is 4.55 Å². The van der Waals surface area contributed by atoms with Crippen molar-refractivity contribution in [3.63, 3.8) is 0 Å². The molecule has 2 atom stereocenters. The molecule has 0 aromatic heterocycles. The first kappa shape index (κ1) is 20.6. The van der Waals surface area contributed by atoms with Crippen molar-refractivity contribution in [2.24, 2.45) is 10.3 Å². The van der Waals surface area contributed by atoms with Crippen LogP contribution in [0.4, 0.5) is 0 Å². The van der Waals surface area contributed by atoms with Crippen LogP contribution in [0.15, 0.2) is 46.9 Å². The van der Waals surface area contributed by atoms with E-state index in [1.165, 1.54) is 0 Å². The summed E-state index contributed by atoms with van der Waals surface area (Å²) in [6.07, 6.45) is 2.40. The van der Waals surface area contributed by atoms with Crippen molar-refractivity contribution in [3.8, 4) is 0 Å². The predicted molar refractivity (Wildman–Crippen MR) is 111 cm³/mol. The largest absolute Gasteiger partial charge is 0.591 e. The quantitative estimate of drug-likeness (QED) is 0.382. The van der Waals surface area contributed by atoms with E-state index in [1.54, 1.807) is 12.3 Å². The van der Waals surface area contributed by atoms with Gasteiger partial charge in [0.25, 0.3) is 0 Å². The SMILES string of the molecule is CC(C)C[S+]([O-])/N=C/C(Cc1ccc(Cl)cc1Cl)c1ccc(Cl)cc1. The van der Waals surface area contributed by atoms with Crippen LogP contribution in [0.5, 0.6) is 0 Å². The summed E-state index contributed by atoms with van der Waals surface area (Å²) >= 11 is 17.0. The molecule has 2 nitrogen and oxygen atoms in total. The van der Waals surface area contributed by atoms with Gasteiger partial charge in [0, 0.05) is 26.9 Å². The fraction of sp³-hybridized carbons (Fsp3) is 0.316. The number of rotatable bonds is 7. The van der Waals surface area contributed by atoms with Gasteiger partial charge in [-0.2, -0.15) is 0 Å². The number of benzene rings is 2. The van der Waals surface area contributed by atoms with E-state index in [0.29, 0.717) is 33.2 Å². The Labute approximate surface area is 167 Å². The number of hydrogen-bond donors (Lipinski definition) is 0. The zero-order chi connectivity index (χ0) is 18.4. The third-order valence-electron chi connectivity index (χ3n) is 3.59. The van der Waals surface area contributed by atoms with Crippen molar-refractivity contribution in [2.45, 2.75) is 26.2 Å². The van der Waals surface area contributed by atoms with Crippen molar-refractivity contribution in [1.82, 2.24) is 0 Å². The lowest BCUT2D eigenvalue weighted by molar-refractivity contribution is 0.583. The summed E-state index contributed by atoms with van der Waals surface area (Å²) in [5.74, 6) is 0.829. The van der Waals surface area contributed by atoms with Crippen LogP contribution < -0.4 is 0 Å². The van der Waals surface area contributed by atoms with Crippen LogP contribution in [-0.2, 0) is 17.8 Å². The lowest BCUT2D eigenvalue weighted by Crippen LogP contribution is -2.11. The van der Waals surface area contributed by atoms with Gasteiger partial charge < -0.3 is 4.55 Å². The van der Waals surface area contributed by atoms with Gasteiger partial charge in [0.15, 0.2) is 0 Å². The molecule has 2 unspecified atom stereocenters. The van der Waals surface area contributed by atoms with Gasteiger partial charge in [-0.25, -0.2) is 0 Å². The summed E-state index contributed by atoms with van der Waals surface area (Å²) in [6.45, 7) is 4.05. The van der Waals surface area contributed by atoms with E-state index in [-0.39, 0.29) is 5.92 Å². The lowest BCUT2D eigenvalue weighted by atomic mass is 9.93. The molecule has 2 aromatic rings. The Morgan fingerprint density at radius 1 is 1.04 bits per heavy atom. The Balaban J connectivity index is 2.25. The molecule has 0 radical (unpaired) electrons. The zero-order valence-corrected chi connectivity index (χ0v) is 17.2. The average molecular weight is 417 g/mol. The molecule has 0 fully saturated rings.